The number of aliphatic hydroxyl groups is 1. The number of Topliss-reactive ketones (excluding diaryl/α,β-unsaturated/α-hetero) is 1. The zero-order valence-electron chi connectivity index (χ0n) is 19.4. The van der Waals surface area contributed by atoms with Crippen LogP contribution in [0.1, 0.15) is 56.3 Å². The summed E-state index contributed by atoms with van der Waals surface area (Å²) in [4.78, 5) is 38.7. The van der Waals surface area contributed by atoms with E-state index in [4.69, 9.17) is 9.47 Å². The maximum atomic E-state index is 13.0. The summed E-state index contributed by atoms with van der Waals surface area (Å²) in [6.45, 7) is 7.99. The van der Waals surface area contributed by atoms with E-state index in [-0.39, 0.29) is 11.3 Å². The van der Waals surface area contributed by atoms with Gasteiger partial charge in [-0.2, -0.15) is 0 Å². The molecule has 3 rings (SSSR count). The Morgan fingerprint density at radius 2 is 1.85 bits per heavy atom. The van der Waals surface area contributed by atoms with Crippen molar-refractivity contribution in [3.8, 4) is 11.5 Å². The molecule has 1 fully saturated rings. The first-order valence-electron chi connectivity index (χ1n) is 11.1. The minimum Gasteiger partial charge on any atom is -0.507 e. The Labute approximate surface area is 193 Å². The van der Waals surface area contributed by atoms with Crippen LogP contribution in [0, 0.1) is 6.92 Å². The highest BCUT2D eigenvalue weighted by atomic mass is 16.5. The number of nitrogens with zero attached hydrogens (tertiary/aromatic N) is 1. The molecule has 1 N–H and O–H groups in total. The number of amides is 1. The summed E-state index contributed by atoms with van der Waals surface area (Å²) in [5, 5.41) is 11.2. The highest BCUT2D eigenvalue weighted by Crippen LogP contribution is 2.40. The van der Waals surface area contributed by atoms with Gasteiger partial charge in [-0.05, 0) is 61.2 Å². The molecule has 7 nitrogen and oxygen atoms in total. The molecule has 0 aliphatic carbocycles. The summed E-state index contributed by atoms with van der Waals surface area (Å²) >= 11 is 0. The number of ketones is 1. The Kier molecular flexibility index (Phi) is 7.53. The van der Waals surface area contributed by atoms with E-state index >= 15 is 0 Å². The molecular weight excluding hydrogens is 422 g/mol. The number of aliphatic hydroxyl groups excluding tert-OH is 1. The van der Waals surface area contributed by atoms with Crippen LogP contribution in [0.15, 0.2) is 48.0 Å². The van der Waals surface area contributed by atoms with E-state index in [9.17, 15) is 19.5 Å². The van der Waals surface area contributed by atoms with E-state index in [2.05, 4.69) is 0 Å². The van der Waals surface area contributed by atoms with Gasteiger partial charge in [0.15, 0.2) is 0 Å². The van der Waals surface area contributed by atoms with Gasteiger partial charge < -0.3 is 19.5 Å². The van der Waals surface area contributed by atoms with Gasteiger partial charge in [-0.15, -0.1) is 0 Å². The number of rotatable bonds is 8. The largest absolute Gasteiger partial charge is 0.507 e. The monoisotopic (exact) mass is 451 g/mol. The van der Waals surface area contributed by atoms with Crippen molar-refractivity contribution in [2.24, 2.45) is 0 Å². The maximum Gasteiger partial charge on any atom is 0.308 e. The predicted octanol–water partition coefficient (Wildman–Crippen LogP) is 4.54. The topological polar surface area (TPSA) is 93.1 Å². The predicted molar refractivity (Wildman–Crippen MR) is 124 cm³/mol. The molecule has 2 aromatic carbocycles. The zero-order valence-corrected chi connectivity index (χ0v) is 19.4. The van der Waals surface area contributed by atoms with E-state index in [1.54, 1.807) is 42.5 Å². The number of carbonyl (C=O) groups is 3. The average molecular weight is 452 g/mol. The van der Waals surface area contributed by atoms with Crippen molar-refractivity contribution in [3.63, 3.8) is 0 Å². The van der Waals surface area contributed by atoms with E-state index < -0.39 is 23.7 Å². The fourth-order valence-corrected chi connectivity index (χ4v) is 3.94. The Bertz CT molecular complexity index is 1100. The molecule has 1 heterocycles. The summed E-state index contributed by atoms with van der Waals surface area (Å²) in [6.07, 6.45) is 1.50. The van der Waals surface area contributed by atoms with Gasteiger partial charge in [0.1, 0.15) is 17.3 Å². The number of ether oxygens (including phenoxy) is 2. The van der Waals surface area contributed by atoms with Crippen molar-refractivity contribution in [3.05, 3.63) is 64.7 Å². The Balaban J connectivity index is 2.12. The lowest BCUT2D eigenvalue weighted by molar-refractivity contribution is -0.139. The van der Waals surface area contributed by atoms with Crippen LogP contribution in [0.25, 0.3) is 5.76 Å². The number of benzene rings is 2. The molecule has 2 aromatic rings. The average Bonchev–Trinajstić information content (AvgIpc) is 3.03. The van der Waals surface area contributed by atoms with Gasteiger partial charge >= 0.3 is 5.97 Å². The molecule has 1 unspecified atom stereocenters. The molecule has 0 bridgehead atoms. The summed E-state index contributed by atoms with van der Waals surface area (Å²) in [5.41, 5.74) is 1.81. The van der Waals surface area contributed by atoms with Crippen LogP contribution in [-0.2, 0) is 14.4 Å². The van der Waals surface area contributed by atoms with Crippen LogP contribution < -0.4 is 9.47 Å². The van der Waals surface area contributed by atoms with Crippen LogP contribution in [0.5, 0.6) is 11.5 Å². The smallest absolute Gasteiger partial charge is 0.308 e. The number of hydrogen-bond donors (Lipinski definition) is 1. The lowest BCUT2D eigenvalue weighted by Gasteiger charge is -2.25. The van der Waals surface area contributed by atoms with Crippen molar-refractivity contribution in [2.45, 2.75) is 46.6 Å². The third-order valence-corrected chi connectivity index (χ3v) is 5.35. The highest BCUT2D eigenvalue weighted by molar-refractivity contribution is 6.46. The zero-order chi connectivity index (χ0) is 24.1. The van der Waals surface area contributed by atoms with Gasteiger partial charge in [0, 0.05) is 19.0 Å². The van der Waals surface area contributed by atoms with Crippen LogP contribution >= 0.6 is 0 Å². The van der Waals surface area contributed by atoms with Crippen LogP contribution in [0.3, 0.4) is 0 Å². The number of aryl methyl sites for hydroxylation is 1. The van der Waals surface area contributed by atoms with Crippen LogP contribution in [0.4, 0.5) is 0 Å². The second kappa shape index (κ2) is 10.3. The molecule has 1 aliphatic rings. The molecule has 0 aromatic heterocycles. The second-order valence-electron chi connectivity index (χ2n) is 7.99. The fourth-order valence-electron chi connectivity index (χ4n) is 3.94. The molecule has 1 amide bonds. The molecule has 174 valence electrons. The van der Waals surface area contributed by atoms with Gasteiger partial charge in [0.2, 0.25) is 0 Å². The van der Waals surface area contributed by atoms with Crippen LogP contribution in [-0.4, -0.2) is 40.8 Å². The fraction of sp³-hybridized carbons (Fsp3) is 0.346. The lowest BCUT2D eigenvalue weighted by atomic mass is 9.94. The number of esters is 1. The number of likely N-dealkylation sites (tertiary alicyclic amines) is 1. The van der Waals surface area contributed by atoms with Crippen LogP contribution in [0.2, 0.25) is 0 Å². The van der Waals surface area contributed by atoms with Gasteiger partial charge in [-0.25, -0.2) is 0 Å². The molecule has 7 heteroatoms. The Hall–Kier alpha value is -3.61. The lowest BCUT2D eigenvalue weighted by Crippen LogP contribution is -2.30. The maximum absolute atomic E-state index is 13.0. The van der Waals surface area contributed by atoms with Crippen molar-refractivity contribution in [2.75, 3.05) is 13.2 Å². The quantitative estimate of drug-likeness (QED) is 0.208. The van der Waals surface area contributed by atoms with E-state index in [1.165, 1.54) is 11.8 Å². The summed E-state index contributed by atoms with van der Waals surface area (Å²) in [5.74, 6) is -1.13. The first kappa shape index (κ1) is 24.0. The van der Waals surface area contributed by atoms with Gasteiger partial charge in [-0.3, -0.25) is 14.4 Å². The molecule has 0 saturated carbocycles. The van der Waals surface area contributed by atoms with Crippen molar-refractivity contribution >= 4 is 23.4 Å². The van der Waals surface area contributed by atoms with Crippen molar-refractivity contribution in [1.29, 1.82) is 0 Å². The van der Waals surface area contributed by atoms with Gasteiger partial charge in [-0.1, -0.05) is 26.0 Å². The SMILES string of the molecule is CCCOc1ccc(/C(O)=C2\C(=O)C(=O)N(CCC)C2c2cccc(OC(C)=O)c2)cc1C. The molecular formula is C26H29NO6. The first-order valence-corrected chi connectivity index (χ1v) is 11.1. The second-order valence-corrected chi connectivity index (χ2v) is 7.99. The molecule has 0 spiro atoms. The van der Waals surface area contributed by atoms with Crippen molar-refractivity contribution in [1.82, 2.24) is 4.90 Å². The van der Waals surface area contributed by atoms with E-state index in [1.807, 2.05) is 20.8 Å². The van der Waals surface area contributed by atoms with E-state index in [0.717, 1.165) is 12.0 Å². The molecule has 0 radical (unpaired) electrons. The standard InChI is InChI=1S/C26H29NO6/c1-5-12-27-23(18-8-7-9-20(15-18)33-17(4)28)22(25(30)26(27)31)24(29)19-10-11-21(16(3)14-19)32-13-6-2/h7-11,14-15,23,29H,5-6,12-13H2,1-4H3/b24-22+. The third-order valence-electron chi connectivity index (χ3n) is 5.35. The number of carbonyl (C=O) groups excluding carboxylic acids is 3. The highest BCUT2D eigenvalue weighted by Gasteiger charge is 2.45. The normalized spacial score (nSPS) is 17.3. The minimum absolute atomic E-state index is 0.00931. The van der Waals surface area contributed by atoms with E-state index in [0.29, 0.717) is 42.2 Å². The molecule has 1 atom stereocenters. The van der Waals surface area contributed by atoms with Gasteiger partial charge in [0.25, 0.3) is 11.7 Å². The number of hydrogen-bond acceptors (Lipinski definition) is 6. The summed E-state index contributed by atoms with van der Waals surface area (Å²) < 4.78 is 10.9. The minimum atomic E-state index is -0.795. The summed E-state index contributed by atoms with van der Waals surface area (Å²) in [6, 6.07) is 11.0. The third kappa shape index (κ3) is 5.08. The Morgan fingerprint density at radius 3 is 2.48 bits per heavy atom. The van der Waals surface area contributed by atoms with Crippen molar-refractivity contribution < 1.29 is 29.0 Å². The Morgan fingerprint density at radius 1 is 1.09 bits per heavy atom. The van der Waals surface area contributed by atoms with Gasteiger partial charge in [0.05, 0.1) is 18.2 Å². The summed E-state index contributed by atoms with van der Waals surface area (Å²) in [7, 11) is 0. The molecule has 33 heavy (non-hydrogen) atoms. The first-order chi connectivity index (χ1) is 15.8. The molecule has 1 saturated heterocycles. The molecule has 1 aliphatic heterocycles.